The number of hydrogen-bond donors (Lipinski definition) is 2. The first-order valence-corrected chi connectivity index (χ1v) is 6.60. The lowest BCUT2D eigenvalue weighted by Gasteiger charge is -2.36. The second-order valence-electron chi connectivity index (χ2n) is 5.11. The molecule has 1 aliphatic rings. The van der Waals surface area contributed by atoms with E-state index in [1.807, 2.05) is 25.1 Å². The van der Waals surface area contributed by atoms with Crippen molar-refractivity contribution in [1.29, 1.82) is 0 Å². The molecular weight excluding hydrogens is 242 g/mol. The van der Waals surface area contributed by atoms with Crippen LogP contribution in [0.2, 0.25) is 0 Å². The first kappa shape index (κ1) is 12.2. The van der Waals surface area contributed by atoms with E-state index < -0.39 is 5.54 Å². The van der Waals surface area contributed by atoms with Crippen molar-refractivity contribution >= 4 is 22.7 Å². The summed E-state index contributed by atoms with van der Waals surface area (Å²) in [5, 5.41) is 2.86. The predicted octanol–water partition coefficient (Wildman–Crippen LogP) is 2.21. The number of amides is 1. The third-order valence-corrected chi connectivity index (χ3v) is 3.69. The minimum absolute atomic E-state index is 0.114. The minimum atomic E-state index is -0.687. The van der Waals surface area contributed by atoms with Crippen LogP contribution in [0.15, 0.2) is 22.6 Å². The van der Waals surface area contributed by atoms with Crippen LogP contribution in [0.3, 0.4) is 0 Å². The fraction of sp³-hybridized carbons (Fsp3) is 0.429. The average molecular weight is 259 g/mol. The summed E-state index contributed by atoms with van der Waals surface area (Å²) in [5.74, 6) is 0.588. The van der Waals surface area contributed by atoms with Crippen LogP contribution in [-0.2, 0) is 11.2 Å². The number of carbonyl (C=O) groups excluding carboxylic acids is 1. The van der Waals surface area contributed by atoms with Gasteiger partial charge in [-0.3, -0.25) is 4.79 Å². The van der Waals surface area contributed by atoms with Crippen LogP contribution in [0.25, 0.3) is 11.1 Å². The fourth-order valence-corrected chi connectivity index (χ4v) is 2.24. The zero-order valence-corrected chi connectivity index (χ0v) is 10.9. The first-order chi connectivity index (χ1) is 9.10. The summed E-state index contributed by atoms with van der Waals surface area (Å²) in [6.45, 7) is 1.99. The Morgan fingerprint density at radius 3 is 2.95 bits per heavy atom. The van der Waals surface area contributed by atoms with Crippen LogP contribution < -0.4 is 11.1 Å². The van der Waals surface area contributed by atoms with Gasteiger partial charge in [-0.2, -0.15) is 0 Å². The van der Waals surface area contributed by atoms with Crippen LogP contribution in [-0.4, -0.2) is 16.4 Å². The van der Waals surface area contributed by atoms with E-state index in [0.717, 1.165) is 36.8 Å². The van der Waals surface area contributed by atoms with E-state index in [1.165, 1.54) is 0 Å². The summed E-state index contributed by atoms with van der Waals surface area (Å²) in [5.41, 5.74) is 7.51. The standard InChI is InChI=1S/C14H17N3O2/c1-2-12-17-10-8-9(4-5-11(10)19-12)16-13(18)14(15)6-3-7-14/h4-5,8H,2-3,6-7,15H2,1H3,(H,16,18). The SMILES string of the molecule is CCc1nc2cc(NC(=O)C3(N)CCC3)ccc2o1. The topological polar surface area (TPSA) is 81.2 Å². The first-order valence-electron chi connectivity index (χ1n) is 6.60. The van der Waals surface area contributed by atoms with Crippen molar-refractivity contribution in [2.75, 3.05) is 5.32 Å². The van der Waals surface area contributed by atoms with Crippen LogP contribution in [0, 0.1) is 0 Å². The Kier molecular flexibility index (Phi) is 2.78. The molecule has 0 radical (unpaired) electrons. The highest BCUT2D eigenvalue weighted by atomic mass is 16.3. The van der Waals surface area contributed by atoms with E-state index in [-0.39, 0.29) is 5.91 Å². The van der Waals surface area contributed by atoms with E-state index >= 15 is 0 Å². The van der Waals surface area contributed by atoms with E-state index in [1.54, 1.807) is 0 Å². The maximum absolute atomic E-state index is 12.0. The molecule has 1 amide bonds. The number of fused-ring (bicyclic) bond motifs is 1. The highest BCUT2D eigenvalue weighted by Gasteiger charge is 2.40. The molecule has 1 fully saturated rings. The molecule has 2 aromatic rings. The number of nitrogens with two attached hydrogens (primary N) is 1. The molecule has 0 atom stereocenters. The Bertz CT molecular complexity index is 629. The molecule has 5 nitrogen and oxygen atoms in total. The van der Waals surface area contributed by atoms with Crippen LogP contribution in [0.4, 0.5) is 5.69 Å². The molecule has 0 aliphatic heterocycles. The lowest BCUT2D eigenvalue weighted by molar-refractivity contribution is -0.123. The van der Waals surface area contributed by atoms with Gasteiger partial charge >= 0.3 is 0 Å². The van der Waals surface area contributed by atoms with Crippen molar-refractivity contribution in [1.82, 2.24) is 4.98 Å². The van der Waals surface area contributed by atoms with Crippen molar-refractivity contribution in [3.05, 3.63) is 24.1 Å². The largest absolute Gasteiger partial charge is 0.441 e. The van der Waals surface area contributed by atoms with Gasteiger partial charge < -0.3 is 15.5 Å². The van der Waals surface area contributed by atoms with Crippen molar-refractivity contribution < 1.29 is 9.21 Å². The number of carbonyl (C=O) groups is 1. The Labute approximate surface area is 111 Å². The van der Waals surface area contributed by atoms with E-state index in [0.29, 0.717) is 11.6 Å². The number of nitrogens with one attached hydrogen (secondary N) is 1. The maximum atomic E-state index is 12.0. The van der Waals surface area contributed by atoms with E-state index in [9.17, 15) is 4.79 Å². The van der Waals surface area contributed by atoms with Crippen molar-refractivity contribution in [2.24, 2.45) is 5.73 Å². The molecule has 3 rings (SSSR count). The van der Waals surface area contributed by atoms with Gasteiger partial charge in [-0.15, -0.1) is 0 Å². The fourth-order valence-electron chi connectivity index (χ4n) is 2.24. The van der Waals surface area contributed by atoms with Gasteiger partial charge in [0.25, 0.3) is 0 Å². The maximum Gasteiger partial charge on any atom is 0.244 e. The summed E-state index contributed by atoms with van der Waals surface area (Å²) in [6.07, 6.45) is 3.28. The lowest BCUT2D eigenvalue weighted by Crippen LogP contribution is -2.56. The molecular formula is C14H17N3O2. The number of nitrogens with zero attached hydrogens (tertiary/aromatic N) is 1. The van der Waals surface area contributed by atoms with Gasteiger partial charge in [0, 0.05) is 12.1 Å². The molecule has 19 heavy (non-hydrogen) atoms. The summed E-state index contributed by atoms with van der Waals surface area (Å²) in [7, 11) is 0. The Morgan fingerprint density at radius 2 is 2.32 bits per heavy atom. The van der Waals surface area contributed by atoms with E-state index in [4.69, 9.17) is 10.2 Å². The molecule has 1 saturated carbocycles. The van der Waals surface area contributed by atoms with Crippen molar-refractivity contribution in [2.45, 2.75) is 38.1 Å². The number of aromatic nitrogens is 1. The van der Waals surface area contributed by atoms with Crippen molar-refractivity contribution in [3.8, 4) is 0 Å². The zero-order chi connectivity index (χ0) is 13.5. The molecule has 1 aromatic heterocycles. The summed E-state index contributed by atoms with van der Waals surface area (Å²) in [4.78, 5) is 16.4. The Morgan fingerprint density at radius 1 is 1.53 bits per heavy atom. The predicted molar refractivity (Wildman–Crippen MR) is 72.8 cm³/mol. The van der Waals surface area contributed by atoms with Crippen LogP contribution in [0.1, 0.15) is 32.1 Å². The molecule has 1 aliphatic carbocycles. The monoisotopic (exact) mass is 259 g/mol. The van der Waals surface area contributed by atoms with Gasteiger partial charge in [0.15, 0.2) is 11.5 Å². The molecule has 0 spiro atoms. The minimum Gasteiger partial charge on any atom is -0.441 e. The van der Waals surface area contributed by atoms with Gasteiger partial charge in [-0.05, 0) is 37.5 Å². The zero-order valence-electron chi connectivity index (χ0n) is 10.9. The third-order valence-electron chi connectivity index (χ3n) is 3.69. The number of rotatable bonds is 3. The number of benzene rings is 1. The summed E-state index contributed by atoms with van der Waals surface area (Å²) in [6, 6.07) is 5.45. The van der Waals surface area contributed by atoms with Gasteiger partial charge in [0.1, 0.15) is 5.52 Å². The molecule has 3 N–H and O–H groups in total. The second-order valence-corrected chi connectivity index (χ2v) is 5.11. The number of aryl methyl sites for hydroxylation is 1. The molecule has 1 heterocycles. The normalized spacial score (nSPS) is 17.2. The molecule has 0 unspecified atom stereocenters. The quantitative estimate of drug-likeness (QED) is 0.885. The van der Waals surface area contributed by atoms with E-state index in [2.05, 4.69) is 10.3 Å². The van der Waals surface area contributed by atoms with Gasteiger partial charge in [0.2, 0.25) is 5.91 Å². The molecule has 1 aromatic carbocycles. The third kappa shape index (κ3) is 2.10. The summed E-state index contributed by atoms with van der Waals surface area (Å²) >= 11 is 0. The smallest absolute Gasteiger partial charge is 0.244 e. The van der Waals surface area contributed by atoms with Crippen LogP contribution >= 0.6 is 0 Å². The second kappa shape index (κ2) is 4.35. The molecule has 100 valence electrons. The Balaban J connectivity index is 1.83. The molecule has 5 heteroatoms. The van der Waals surface area contributed by atoms with Gasteiger partial charge in [-0.25, -0.2) is 4.98 Å². The van der Waals surface area contributed by atoms with Crippen LogP contribution in [0.5, 0.6) is 0 Å². The molecule has 0 bridgehead atoms. The highest BCUT2D eigenvalue weighted by molar-refractivity contribution is 5.99. The Hall–Kier alpha value is -1.88. The summed E-state index contributed by atoms with van der Waals surface area (Å²) < 4.78 is 5.53. The van der Waals surface area contributed by atoms with Gasteiger partial charge in [-0.1, -0.05) is 6.92 Å². The van der Waals surface area contributed by atoms with Crippen molar-refractivity contribution in [3.63, 3.8) is 0 Å². The lowest BCUT2D eigenvalue weighted by atomic mass is 9.77. The number of anilines is 1. The molecule has 0 saturated heterocycles. The number of hydrogen-bond acceptors (Lipinski definition) is 4. The highest BCUT2D eigenvalue weighted by Crippen LogP contribution is 2.30. The number of oxazole rings is 1. The average Bonchev–Trinajstić information content (AvgIpc) is 2.78. The van der Waals surface area contributed by atoms with Gasteiger partial charge in [0.05, 0.1) is 5.54 Å².